The van der Waals surface area contributed by atoms with Gasteiger partial charge in [0, 0.05) is 23.7 Å². The second-order valence-electron chi connectivity index (χ2n) is 11.5. The van der Waals surface area contributed by atoms with Gasteiger partial charge in [-0.1, -0.05) is 12.2 Å². The summed E-state index contributed by atoms with van der Waals surface area (Å²) in [4.78, 5) is 48.6. The highest BCUT2D eigenvalue weighted by atomic mass is 16.5. The van der Waals surface area contributed by atoms with E-state index in [0.717, 1.165) is 11.1 Å². The van der Waals surface area contributed by atoms with Gasteiger partial charge in [0.05, 0.1) is 36.6 Å². The van der Waals surface area contributed by atoms with Gasteiger partial charge in [-0.25, -0.2) is 4.98 Å². The Balaban J connectivity index is 1.46. The van der Waals surface area contributed by atoms with Crippen molar-refractivity contribution in [3.05, 3.63) is 59.3 Å². The minimum absolute atomic E-state index is 0.0963. The third kappa shape index (κ3) is 6.35. The van der Waals surface area contributed by atoms with Gasteiger partial charge < -0.3 is 29.4 Å². The standard InChI is InChI=1S/C34H39N3O8/c1-6-21-17-34(21,28(38)18-44-7-2)37-31(39)25-15-23(16-26(25)33(40)41)45-32-24-9-8-10-27(43-5)19(3)29(24)35-30(36-32)20-11-13-22(42-4)14-12-20/h6,9-14,21,23,25-26H,1,7-8,15-18H2,2-5H3,(H,37,39)(H,40,41)/t21-,23-,25-,26-,34-/m1/s1. The Morgan fingerprint density at radius 3 is 2.44 bits per heavy atom. The van der Waals surface area contributed by atoms with E-state index in [0.29, 0.717) is 53.2 Å². The van der Waals surface area contributed by atoms with Crippen LogP contribution in [0.4, 0.5) is 0 Å². The summed E-state index contributed by atoms with van der Waals surface area (Å²) < 4.78 is 22.7. The van der Waals surface area contributed by atoms with Crippen molar-refractivity contribution < 1.29 is 38.4 Å². The highest BCUT2D eigenvalue weighted by Crippen LogP contribution is 2.46. The number of nitrogens with one attached hydrogen (secondary N) is 1. The van der Waals surface area contributed by atoms with Crippen LogP contribution in [0.5, 0.6) is 11.6 Å². The zero-order valence-electron chi connectivity index (χ0n) is 26.0. The lowest BCUT2D eigenvalue weighted by atomic mass is 9.94. The van der Waals surface area contributed by atoms with Crippen LogP contribution >= 0.6 is 0 Å². The van der Waals surface area contributed by atoms with E-state index in [1.165, 1.54) is 0 Å². The van der Waals surface area contributed by atoms with E-state index >= 15 is 0 Å². The molecule has 1 aromatic heterocycles. The van der Waals surface area contributed by atoms with E-state index in [1.807, 2.05) is 43.3 Å². The number of rotatable bonds is 13. The van der Waals surface area contributed by atoms with Crippen LogP contribution in [0.3, 0.4) is 0 Å². The van der Waals surface area contributed by atoms with Crippen molar-refractivity contribution in [2.75, 3.05) is 27.4 Å². The van der Waals surface area contributed by atoms with Crippen LogP contribution in [-0.4, -0.2) is 71.8 Å². The summed E-state index contributed by atoms with van der Waals surface area (Å²) >= 11 is 0. The van der Waals surface area contributed by atoms with E-state index in [9.17, 15) is 19.5 Å². The van der Waals surface area contributed by atoms with E-state index < -0.39 is 35.4 Å². The molecule has 3 aliphatic carbocycles. The maximum Gasteiger partial charge on any atom is 0.307 e. The smallest absolute Gasteiger partial charge is 0.307 e. The SMILES string of the molecule is C=C[C@@H]1C[C@]1(NC(=O)[C@@H]1C[C@@H](Oc2nc(-c3ccc(OC)cc3)nc3c2=CCC=C(OC)C=3C)C[C@H]1C(=O)O)C(=O)COCC. The molecule has 0 spiro atoms. The molecule has 0 saturated heterocycles. The number of nitrogens with zero attached hydrogens (tertiary/aromatic N) is 2. The summed E-state index contributed by atoms with van der Waals surface area (Å²) in [6, 6.07) is 7.32. The number of hydrogen-bond donors (Lipinski definition) is 2. The molecule has 2 N–H and O–H groups in total. The minimum atomic E-state index is -1.12. The number of amides is 1. The number of carboxylic acids is 1. The van der Waals surface area contributed by atoms with Crippen molar-refractivity contribution >= 4 is 29.3 Å². The molecule has 0 radical (unpaired) electrons. The van der Waals surface area contributed by atoms with Gasteiger partial charge in [0.2, 0.25) is 11.8 Å². The number of allylic oxidation sites excluding steroid dienone is 2. The number of Topliss-reactive ketones (excluding diaryl/α,β-unsaturated/α-hetero) is 1. The summed E-state index contributed by atoms with van der Waals surface area (Å²) in [6.07, 6.45) is 6.09. The van der Waals surface area contributed by atoms with Crippen LogP contribution in [0.2, 0.25) is 0 Å². The van der Waals surface area contributed by atoms with Crippen LogP contribution < -0.4 is 25.4 Å². The number of carbonyl (C=O) groups is 3. The van der Waals surface area contributed by atoms with Crippen LogP contribution in [0, 0.1) is 17.8 Å². The topological polar surface area (TPSA) is 146 Å². The lowest BCUT2D eigenvalue weighted by molar-refractivity contribution is -0.146. The largest absolute Gasteiger partial charge is 0.497 e. The van der Waals surface area contributed by atoms with Crippen LogP contribution in [0.25, 0.3) is 23.0 Å². The first-order valence-corrected chi connectivity index (χ1v) is 15.1. The predicted molar refractivity (Wildman–Crippen MR) is 165 cm³/mol. The highest BCUT2D eigenvalue weighted by Gasteiger charge is 2.60. The zero-order chi connectivity index (χ0) is 32.3. The maximum absolute atomic E-state index is 13.6. The average molecular weight is 618 g/mol. The molecule has 45 heavy (non-hydrogen) atoms. The third-order valence-electron chi connectivity index (χ3n) is 8.86. The number of methoxy groups -OCH3 is 2. The summed E-state index contributed by atoms with van der Waals surface area (Å²) in [7, 11) is 3.19. The Morgan fingerprint density at radius 1 is 1.09 bits per heavy atom. The molecule has 5 rings (SSSR count). The fourth-order valence-corrected chi connectivity index (χ4v) is 6.22. The summed E-state index contributed by atoms with van der Waals surface area (Å²) in [6.45, 7) is 7.71. The Labute approximate surface area is 261 Å². The van der Waals surface area contributed by atoms with Crippen LogP contribution in [0.15, 0.2) is 48.8 Å². The average Bonchev–Trinajstić information content (AvgIpc) is 3.64. The Bertz CT molecular complexity index is 1650. The van der Waals surface area contributed by atoms with E-state index in [1.54, 1.807) is 27.2 Å². The van der Waals surface area contributed by atoms with Crippen LogP contribution in [0.1, 0.15) is 39.5 Å². The van der Waals surface area contributed by atoms with E-state index in [-0.39, 0.29) is 31.1 Å². The minimum Gasteiger partial charge on any atom is -0.497 e. The van der Waals surface area contributed by atoms with Crippen molar-refractivity contribution in [1.29, 1.82) is 0 Å². The first-order valence-electron chi connectivity index (χ1n) is 15.1. The molecule has 3 aliphatic rings. The number of fused-ring (bicyclic) bond motifs is 1. The molecule has 1 amide bonds. The van der Waals surface area contributed by atoms with E-state index in [4.69, 9.17) is 28.9 Å². The Hall–Kier alpha value is -4.51. The molecule has 1 aromatic carbocycles. The second-order valence-corrected chi connectivity index (χ2v) is 11.5. The number of hydrogen-bond acceptors (Lipinski definition) is 9. The second kappa shape index (κ2) is 13.2. The molecule has 0 bridgehead atoms. The fraction of sp³-hybridized carbons (Fsp3) is 0.441. The molecule has 0 aliphatic heterocycles. The maximum atomic E-state index is 13.6. The molecule has 5 atom stereocenters. The van der Waals surface area contributed by atoms with Gasteiger partial charge in [-0.3, -0.25) is 14.4 Å². The number of ether oxygens (including phenoxy) is 4. The van der Waals surface area contributed by atoms with Crippen molar-refractivity contribution in [2.45, 2.75) is 51.2 Å². The summed E-state index contributed by atoms with van der Waals surface area (Å²) in [5.41, 5.74) is 0.416. The third-order valence-corrected chi connectivity index (χ3v) is 8.86. The number of aromatic nitrogens is 2. The monoisotopic (exact) mass is 617 g/mol. The van der Waals surface area contributed by atoms with Gasteiger partial charge in [-0.15, -0.1) is 6.58 Å². The van der Waals surface area contributed by atoms with Crippen molar-refractivity contribution in [3.63, 3.8) is 0 Å². The number of ketones is 1. The lowest BCUT2D eigenvalue weighted by Crippen LogP contribution is -2.49. The van der Waals surface area contributed by atoms with Gasteiger partial charge >= 0.3 is 5.97 Å². The quantitative estimate of drug-likeness (QED) is 0.322. The molecule has 2 fully saturated rings. The Morgan fingerprint density at radius 2 is 1.82 bits per heavy atom. The molecule has 0 unspecified atom stereocenters. The number of carbonyl (C=O) groups excluding carboxylic acids is 2. The molecular formula is C34H39N3O8. The molecule has 1 heterocycles. The first-order chi connectivity index (χ1) is 21.6. The van der Waals surface area contributed by atoms with Gasteiger partial charge in [0.1, 0.15) is 29.8 Å². The molecule has 2 aromatic rings. The summed E-state index contributed by atoms with van der Waals surface area (Å²) in [5, 5.41) is 14.3. The first kappa shape index (κ1) is 31.9. The van der Waals surface area contributed by atoms with Crippen molar-refractivity contribution in [3.8, 4) is 23.0 Å². The fourth-order valence-electron chi connectivity index (χ4n) is 6.22. The molecule has 11 heteroatoms. The van der Waals surface area contributed by atoms with Crippen molar-refractivity contribution in [2.24, 2.45) is 17.8 Å². The summed E-state index contributed by atoms with van der Waals surface area (Å²) in [5.74, 6) is -1.91. The predicted octanol–water partition coefficient (Wildman–Crippen LogP) is 2.56. The van der Waals surface area contributed by atoms with Gasteiger partial charge in [0.25, 0.3) is 0 Å². The molecular weight excluding hydrogens is 578 g/mol. The number of aliphatic carboxylic acids is 1. The van der Waals surface area contributed by atoms with Gasteiger partial charge in [0.15, 0.2) is 11.6 Å². The lowest BCUT2D eigenvalue weighted by Gasteiger charge is -2.22. The number of carboxylic acid groups (broad SMARTS) is 1. The van der Waals surface area contributed by atoms with E-state index in [2.05, 4.69) is 11.9 Å². The molecule has 238 valence electrons. The highest BCUT2D eigenvalue weighted by molar-refractivity contribution is 5.98. The number of benzene rings is 1. The van der Waals surface area contributed by atoms with Crippen LogP contribution in [-0.2, 0) is 23.9 Å². The normalized spacial score (nSPS) is 25.2. The molecule has 11 nitrogen and oxygen atoms in total. The van der Waals surface area contributed by atoms with Crippen molar-refractivity contribution in [1.82, 2.24) is 15.3 Å². The Kier molecular flexibility index (Phi) is 9.38. The zero-order valence-corrected chi connectivity index (χ0v) is 26.0. The van der Waals surface area contributed by atoms with Gasteiger partial charge in [-0.2, -0.15) is 4.98 Å². The molecule has 2 saturated carbocycles. The van der Waals surface area contributed by atoms with Gasteiger partial charge in [-0.05, 0) is 69.9 Å².